The highest BCUT2D eigenvalue weighted by atomic mass is 16.4. The van der Waals surface area contributed by atoms with Crippen molar-refractivity contribution in [2.45, 2.75) is 44.9 Å². The normalized spacial score (nSPS) is 15.1. The van der Waals surface area contributed by atoms with Gasteiger partial charge in [0.1, 0.15) is 5.52 Å². The first-order valence-electron chi connectivity index (χ1n) is 12.6. The van der Waals surface area contributed by atoms with Gasteiger partial charge in [-0.2, -0.15) is 4.98 Å². The van der Waals surface area contributed by atoms with Crippen molar-refractivity contribution in [3.05, 3.63) is 119 Å². The van der Waals surface area contributed by atoms with Crippen LogP contribution in [0.4, 0.5) is 6.01 Å². The largest absolute Gasteiger partial charge is 0.423 e. The molecule has 1 unspecified atom stereocenters. The molecule has 6 nitrogen and oxygen atoms in total. The van der Waals surface area contributed by atoms with Crippen molar-refractivity contribution in [3.63, 3.8) is 0 Å². The fraction of sp³-hybridized carbons (Fsp3) is 0.233. The molecule has 0 spiro atoms. The van der Waals surface area contributed by atoms with Gasteiger partial charge in [0, 0.05) is 25.5 Å². The number of nitrogens with zero attached hydrogens (tertiary/aromatic N) is 4. The molecule has 36 heavy (non-hydrogen) atoms. The van der Waals surface area contributed by atoms with Gasteiger partial charge in [0.05, 0.1) is 24.0 Å². The number of nitrogens with one attached hydrogen (secondary N) is 1. The summed E-state index contributed by atoms with van der Waals surface area (Å²) in [5.74, 6) is 0. The molecule has 1 aliphatic rings. The van der Waals surface area contributed by atoms with E-state index in [0.717, 1.165) is 36.2 Å². The minimum absolute atomic E-state index is 0.322. The molecule has 1 aliphatic carbocycles. The van der Waals surface area contributed by atoms with Gasteiger partial charge in [0.2, 0.25) is 0 Å². The number of fused-ring (bicyclic) bond motifs is 2. The summed E-state index contributed by atoms with van der Waals surface area (Å²) in [6, 6.07) is 27.8. The number of oxazole rings is 1. The third kappa shape index (κ3) is 4.99. The standard InChI is InChI=1S/C30H29N5O/c1-2-12-28-26(10-1)34-30(36-28)35(21-25-9-3-4-17-31-25)20-23-15-13-22(14-16-23)19-33-27-11-5-7-24-8-6-18-32-29(24)27/h1-4,6,8-10,12-18,27,33H,5,7,11,19-21H2. The topological polar surface area (TPSA) is 67.1 Å². The summed E-state index contributed by atoms with van der Waals surface area (Å²) in [5.41, 5.74) is 7.67. The summed E-state index contributed by atoms with van der Waals surface area (Å²) in [6.07, 6.45) is 7.19. The molecule has 3 heterocycles. The minimum Gasteiger partial charge on any atom is -0.423 e. The third-order valence-electron chi connectivity index (χ3n) is 6.78. The number of benzene rings is 2. The molecule has 0 saturated carbocycles. The van der Waals surface area contributed by atoms with Crippen molar-refractivity contribution >= 4 is 17.1 Å². The number of hydrogen-bond acceptors (Lipinski definition) is 6. The zero-order valence-corrected chi connectivity index (χ0v) is 20.2. The van der Waals surface area contributed by atoms with E-state index in [-0.39, 0.29) is 0 Å². The quantitative estimate of drug-likeness (QED) is 0.297. The van der Waals surface area contributed by atoms with E-state index in [9.17, 15) is 0 Å². The molecule has 5 aromatic rings. The molecule has 0 radical (unpaired) electrons. The number of para-hydroxylation sites is 2. The number of hydrogen-bond donors (Lipinski definition) is 1. The molecule has 6 rings (SSSR count). The molecule has 0 aliphatic heterocycles. The maximum atomic E-state index is 6.10. The summed E-state index contributed by atoms with van der Waals surface area (Å²) in [6.45, 7) is 2.12. The summed E-state index contributed by atoms with van der Waals surface area (Å²) in [7, 11) is 0. The molecule has 3 aromatic heterocycles. The van der Waals surface area contributed by atoms with Gasteiger partial charge < -0.3 is 14.6 Å². The fourth-order valence-corrected chi connectivity index (χ4v) is 4.91. The van der Waals surface area contributed by atoms with Gasteiger partial charge in [-0.15, -0.1) is 0 Å². The van der Waals surface area contributed by atoms with Gasteiger partial charge in [-0.1, -0.05) is 48.5 Å². The van der Waals surface area contributed by atoms with Crippen molar-refractivity contribution in [2.75, 3.05) is 4.90 Å². The SMILES string of the molecule is c1ccc(CN(Cc2ccc(CNC3CCCc4cccnc43)cc2)c2nc3ccccc3o2)nc1. The summed E-state index contributed by atoms with van der Waals surface area (Å²) < 4.78 is 6.10. The monoisotopic (exact) mass is 475 g/mol. The van der Waals surface area contributed by atoms with E-state index in [4.69, 9.17) is 9.40 Å². The molecule has 0 amide bonds. The Morgan fingerprint density at radius 1 is 0.833 bits per heavy atom. The average molecular weight is 476 g/mol. The van der Waals surface area contributed by atoms with Crippen LogP contribution in [0.1, 0.15) is 47.0 Å². The minimum atomic E-state index is 0.322. The molecule has 0 bridgehead atoms. The van der Waals surface area contributed by atoms with E-state index in [1.807, 2.05) is 60.9 Å². The predicted octanol–water partition coefficient (Wildman–Crippen LogP) is 5.99. The van der Waals surface area contributed by atoms with Crippen molar-refractivity contribution in [1.82, 2.24) is 20.3 Å². The van der Waals surface area contributed by atoms with Gasteiger partial charge in [-0.25, -0.2) is 0 Å². The van der Waals surface area contributed by atoms with Crippen LogP contribution in [0.2, 0.25) is 0 Å². The van der Waals surface area contributed by atoms with Crippen molar-refractivity contribution in [3.8, 4) is 0 Å². The van der Waals surface area contributed by atoms with E-state index in [2.05, 4.69) is 50.5 Å². The van der Waals surface area contributed by atoms with E-state index in [1.165, 1.54) is 28.8 Å². The van der Waals surface area contributed by atoms with Crippen LogP contribution in [-0.2, 0) is 26.1 Å². The van der Waals surface area contributed by atoms with Crippen LogP contribution in [0.5, 0.6) is 0 Å². The highest BCUT2D eigenvalue weighted by molar-refractivity contribution is 5.74. The summed E-state index contributed by atoms with van der Waals surface area (Å²) in [5, 5.41) is 3.72. The number of anilines is 1. The van der Waals surface area contributed by atoms with Crippen molar-refractivity contribution < 1.29 is 4.42 Å². The number of aryl methyl sites for hydroxylation is 1. The first kappa shape index (κ1) is 22.4. The Balaban J connectivity index is 1.16. The van der Waals surface area contributed by atoms with Crippen LogP contribution < -0.4 is 10.2 Å². The van der Waals surface area contributed by atoms with Crippen molar-refractivity contribution in [1.29, 1.82) is 0 Å². The Morgan fingerprint density at radius 3 is 2.53 bits per heavy atom. The molecule has 0 fully saturated rings. The second kappa shape index (κ2) is 10.3. The van der Waals surface area contributed by atoms with E-state index in [0.29, 0.717) is 25.1 Å². The predicted molar refractivity (Wildman–Crippen MR) is 141 cm³/mol. The van der Waals surface area contributed by atoms with Gasteiger partial charge in [-0.3, -0.25) is 9.97 Å². The number of pyridine rings is 2. The second-order valence-corrected chi connectivity index (χ2v) is 9.33. The zero-order valence-electron chi connectivity index (χ0n) is 20.2. The number of aromatic nitrogens is 3. The lowest BCUT2D eigenvalue weighted by Crippen LogP contribution is -2.26. The van der Waals surface area contributed by atoms with Crippen LogP contribution in [0.25, 0.3) is 11.1 Å². The first-order valence-corrected chi connectivity index (χ1v) is 12.6. The van der Waals surface area contributed by atoms with Gasteiger partial charge in [0.15, 0.2) is 5.58 Å². The van der Waals surface area contributed by atoms with E-state index < -0.39 is 0 Å². The van der Waals surface area contributed by atoms with E-state index >= 15 is 0 Å². The first-order chi connectivity index (χ1) is 17.8. The lowest BCUT2D eigenvalue weighted by molar-refractivity contribution is 0.447. The Bertz CT molecular complexity index is 1400. The van der Waals surface area contributed by atoms with Crippen molar-refractivity contribution in [2.24, 2.45) is 0 Å². The fourth-order valence-electron chi connectivity index (χ4n) is 4.91. The maximum absolute atomic E-state index is 6.10. The second-order valence-electron chi connectivity index (χ2n) is 9.33. The van der Waals surface area contributed by atoms with Crippen LogP contribution in [0.3, 0.4) is 0 Å². The van der Waals surface area contributed by atoms with Crippen LogP contribution in [0.15, 0.2) is 95.7 Å². The Kier molecular flexibility index (Phi) is 6.42. The molecule has 2 aromatic carbocycles. The Hall–Kier alpha value is -4.03. The lowest BCUT2D eigenvalue weighted by atomic mass is 9.92. The smallest absolute Gasteiger partial charge is 0.299 e. The van der Waals surface area contributed by atoms with Crippen LogP contribution in [0, 0.1) is 0 Å². The molecule has 1 N–H and O–H groups in total. The Labute approximate surface area is 211 Å². The highest BCUT2D eigenvalue weighted by Gasteiger charge is 2.21. The van der Waals surface area contributed by atoms with Gasteiger partial charge in [-0.05, 0) is 66.3 Å². The van der Waals surface area contributed by atoms with Gasteiger partial charge in [0.25, 0.3) is 6.01 Å². The molecular weight excluding hydrogens is 446 g/mol. The molecule has 6 heteroatoms. The molecule has 1 atom stereocenters. The molecule has 180 valence electrons. The summed E-state index contributed by atoms with van der Waals surface area (Å²) in [4.78, 5) is 16.0. The maximum Gasteiger partial charge on any atom is 0.299 e. The highest BCUT2D eigenvalue weighted by Crippen LogP contribution is 2.28. The molecule has 0 saturated heterocycles. The molecular formula is C30H29N5O. The Morgan fingerprint density at radius 2 is 1.67 bits per heavy atom. The van der Waals surface area contributed by atoms with Gasteiger partial charge >= 0.3 is 0 Å². The third-order valence-corrected chi connectivity index (χ3v) is 6.78. The zero-order chi connectivity index (χ0) is 24.2. The average Bonchev–Trinajstić information content (AvgIpc) is 3.37. The summed E-state index contributed by atoms with van der Waals surface area (Å²) >= 11 is 0. The van der Waals surface area contributed by atoms with Crippen LogP contribution in [-0.4, -0.2) is 15.0 Å². The lowest BCUT2D eigenvalue weighted by Gasteiger charge is -2.25. The number of rotatable bonds is 8. The van der Waals surface area contributed by atoms with E-state index in [1.54, 1.807) is 0 Å². The van der Waals surface area contributed by atoms with Crippen LogP contribution >= 0.6 is 0 Å².